The van der Waals surface area contributed by atoms with Crippen molar-refractivity contribution in [2.24, 2.45) is 0 Å². The minimum atomic E-state index is -1.69. The Hall–Kier alpha value is -0.440. The lowest BCUT2D eigenvalue weighted by Gasteiger charge is -2.45. The zero-order valence-corrected chi connectivity index (χ0v) is 20.7. The van der Waals surface area contributed by atoms with E-state index in [1.54, 1.807) is 0 Å². The maximum Gasteiger partial charge on any atom is 0.187 e. The van der Waals surface area contributed by atoms with Crippen molar-refractivity contribution >= 4 is 0 Å². The van der Waals surface area contributed by atoms with Crippen molar-refractivity contribution in [3.63, 3.8) is 0 Å². The Balaban J connectivity index is 1.74. The molecule has 0 amide bonds. The Morgan fingerprint density at radius 3 is 1.66 bits per heavy atom. The van der Waals surface area contributed by atoms with E-state index in [0.717, 1.165) is 19.3 Å². The lowest BCUT2D eigenvalue weighted by Crippen LogP contribution is -2.64. The third kappa shape index (κ3) is 9.11. The fourth-order valence-electron chi connectivity index (χ4n) is 4.48. The van der Waals surface area contributed by atoms with Crippen LogP contribution in [0.2, 0.25) is 0 Å². The van der Waals surface area contributed by atoms with Crippen molar-refractivity contribution < 1.29 is 54.7 Å². The number of ether oxygens (including phenoxy) is 4. The number of hydrogen-bond acceptors (Lipinski definition) is 11. The Labute approximate surface area is 207 Å². The van der Waals surface area contributed by atoms with Gasteiger partial charge >= 0.3 is 0 Å². The average molecular weight is 511 g/mol. The first-order valence-corrected chi connectivity index (χ1v) is 13.1. The molecule has 35 heavy (non-hydrogen) atoms. The Bertz CT molecular complexity index is 550. The third-order valence-corrected chi connectivity index (χ3v) is 6.74. The molecule has 2 aliphatic heterocycles. The van der Waals surface area contributed by atoms with Gasteiger partial charge in [-0.05, 0) is 6.42 Å². The van der Waals surface area contributed by atoms with Crippen molar-refractivity contribution in [3.8, 4) is 0 Å². The van der Waals surface area contributed by atoms with Crippen LogP contribution in [0.3, 0.4) is 0 Å². The molecule has 2 fully saturated rings. The second-order valence-electron chi connectivity index (χ2n) is 9.56. The molecular formula is C24H46O11. The van der Waals surface area contributed by atoms with Crippen molar-refractivity contribution in [1.82, 2.24) is 0 Å². The number of unbranched alkanes of at least 4 members (excludes halogenated alkanes) is 9. The van der Waals surface area contributed by atoms with Gasteiger partial charge in [0.2, 0.25) is 0 Å². The van der Waals surface area contributed by atoms with E-state index in [4.69, 9.17) is 18.9 Å². The van der Waals surface area contributed by atoms with Crippen LogP contribution in [0, 0.1) is 0 Å². The van der Waals surface area contributed by atoms with E-state index < -0.39 is 74.6 Å². The Kier molecular flexibility index (Phi) is 14.4. The van der Waals surface area contributed by atoms with Crippen molar-refractivity contribution in [3.05, 3.63) is 0 Å². The molecule has 0 aromatic rings. The molecule has 2 heterocycles. The quantitative estimate of drug-likeness (QED) is 0.134. The van der Waals surface area contributed by atoms with Gasteiger partial charge in [-0.2, -0.15) is 0 Å². The van der Waals surface area contributed by atoms with Crippen molar-refractivity contribution in [1.29, 1.82) is 0 Å². The normalized spacial score (nSPS) is 38.1. The molecule has 0 aromatic heterocycles. The Morgan fingerprint density at radius 2 is 1.09 bits per heavy atom. The first-order chi connectivity index (χ1) is 16.8. The van der Waals surface area contributed by atoms with Crippen LogP contribution in [0.1, 0.15) is 71.1 Å². The van der Waals surface area contributed by atoms with Gasteiger partial charge in [-0.25, -0.2) is 0 Å². The van der Waals surface area contributed by atoms with Gasteiger partial charge in [0.1, 0.15) is 48.8 Å². The molecule has 0 radical (unpaired) electrons. The standard InChI is InChI=1S/C24H46O11/c1-2-3-4-5-6-7-8-9-10-11-12-32-23-21(31)19(29)22(16(14-26)34-23)35-24-20(30)18(28)17(27)15(13-25)33-24/h15-31H,2-14H2,1H3/t15?,16?,17-,18?,19?,20-,21-,22-,23+,24-/m0/s1. The molecule has 0 saturated carbocycles. The summed E-state index contributed by atoms with van der Waals surface area (Å²) in [6.07, 6.45) is -2.63. The molecule has 11 nitrogen and oxygen atoms in total. The van der Waals surface area contributed by atoms with Crippen LogP contribution in [0.4, 0.5) is 0 Å². The summed E-state index contributed by atoms with van der Waals surface area (Å²) in [6.45, 7) is 1.31. The highest BCUT2D eigenvalue weighted by atomic mass is 16.7. The van der Waals surface area contributed by atoms with E-state index in [-0.39, 0.29) is 0 Å². The van der Waals surface area contributed by atoms with Gasteiger partial charge in [-0.15, -0.1) is 0 Å². The molecule has 4 unspecified atom stereocenters. The topological polar surface area (TPSA) is 179 Å². The predicted molar refractivity (Wildman–Crippen MR) is 124 cm³/mol. The van der Waals surface area contributed by atoms with Gasteiger partial charge in [0.25, 0.3) is 0 Å². The van der Waals surface area contributed by atoms with Gasteiger partial charge in [-0.1, -0.05) is 64.7 Å². The summed E-state index contributed by atoms with van der Waals surface area (Å²) in [7, 11) is 0. The molecule has 11 heteroatoms. The first-order valence-electron chi connectivity index (χ1n) is 13.1. The highest BCUT2D eigenvalue weighted by molar-refractivity contribution is 4.94. The lowest BCUT2D eigenvalue weighted by molar-refractivity contribution is -0.359. The average Bonchev–Trinajstić information content (AvgIpc) is 2.86. The van der Waals surface area contributed by atoms with E-state index >= 15 is 0 Å². The largest absolute Gasteiger partial charge is 0.394 e. The third-order valence-electron chi connectivity index (χ3n) is 6.74. The van der Waals surface area contributed by atoms with Crippen LogP contribution in [0.15, 0.2) is 0 Å². The smallest absolute Gasteiger partial charge is 0.187 e. The maximum absolute atomic E-state index is 10.6. The molecule has 0 aliphatic carbocycles. The van der Waals surface area contributed by atoms with Gasteiger partial charge in [0.15, 0.2) is 12.6 Å². The van der Waals surface area contributed by atoms with E-state index in [9.17, 15) is 35.7 Å². The number of rotatable bonds is 16. The summed E-state index contributed by atoms with van der Waals surface area (Å²) < 4.78 is 22.0. The zero-order chi connectivity index (χ0) is 25.8. The van der Waals surface area contributed by atoms with E-state index in [0.29, 0.717) is 6.61 Å². The number of aliphatic hydroxyl groups is 7. The predicted octanol–water partition coefficient (Wildman–Crippen LogP) is -0.452. The molecule has 2 saturated heterocycles. The summed E-state index contributed by atoms with van der Waals surface area (Å²) in [5.41, 5.74) is 0. The molecule has 2 aliphatic rings. The summed E-state index contributed by atoms with van der Waals surface area (Å²) in [6, 6.07) is 0. The van der Waals surface area contributed by atoms with Crippen LogP contribution < -0.4 is 0 Å². The van der Waals surface area contributed by atoms with Crippen LogP contribution in [-0.2, 0) is 18.9 Å². The number of aliphatic hydroxyl groups excluding tert-OH is 7. The highest BCUT2D eigenvalue weighted by Crippen LogP contribution is 2.29. The fraction of sp³-hybridized carbons (Fsp3) is 1.00. The van der Waals surface area contributed by atoms with Gasteiger partial charge in [0.05, 0.1) is 13.2 Å². The molecule has 0 bridgehead atoms. The van der Waals surface area contributed by atoms with E-state index in [2.05, 4.69) is 6.92 Å². The Morgan fingerprint density at radius 1 is 0.571 bits per heavy atom. The fourth-order valence-corrected chi connectivity index (χ4v) is 4.48. The van der Waals surface area contributed by atoms with Gasteiger partial charge in [-0.3, -0.25) is 0 Å². The van der Waals surface area contributed by atoms with Gasteiger partial charge < -0.3 is 54.7 Å². The lowest BCUT2D eigenvalue weighted by atomic mass is 9.97. The minimum Gasteiger partial charge on any atom is -0.394 e. The molecule has 7 N–H and O–H groups in total. The summed E-state index contributed by atoms with van der Waals surface area (Å²) in [4.78, 5) is 0. The number of hydrogen-bond donors (Lipinski definition) is 7. The van der Waals surface area contributed by atoms with Crippen LogP contribution in [-0.4, -0.2) is 117 Å². The molecule has 2 rings (SSSR count). The van der Waals surface area contributed by atoms with E-state index in [1.165, 1.54) is 44.9 Å². The van der Waals surface area contributed by atoms with Crippen LogP contribution >= 0.6 is 0 Å². The van der Waals surface area contributed by atoms with Crippen molar-refractivity contribution in [2.75, 3.05) is 19.8 Å². The van der Waals surface area contributed by atoms with Crippen LogP contribution in [0.5, 0.6) is 0 Å². The highest BCUT2D eigenvalue weighted by Gasteiger charge is 2.50. The summed E-state index contributed by atoms with van der Waals surface area (Å²) in [5, 5.41) is 70.1. The first kappa shape index (κ1) is 30.8. The minimum absolute atomic E-state index is 0.321. The van der Waals surface area contributed by atoms with Crippen molar-refractivity contribution in [2.45, 2.75) is 133 Å². The molecule has 0 aromatic carbocycles. The summed E-state index contributed by atoms with van der Waals surface area (Å²) in [5.74, 6) is 0. The van der Waals surface area contributed by atoms with Gasteiger partial charge in [0, 0.05) is 6.61 Å². The second kappa shape index (κ2) is 16.4. The summed E-state index contributed by atoms with van der Waals surface area (Å²) >= 11 is 0. The molecule has 208 valence electrons. The SMILES string of the molecule is CCCCCCCCCCCCO[C@@H]1OC(CO)[C@H](O[C@@H]2OC(CO)[C@H](O)C(O)[C@@H]2O)C(O)[C@@H]1O. The molecule has 10 atom stereocenters. The van der Waals surface area contributed by atoms with E-state index in [1.807, 2.05) is 0 Å². The molecule has 0 spiro atoms. The maximum atomic E-state index is 10.6. The second-order valence-corrected chi connectivity index (χ2v) is 9.56. The van der Waals surface area contributed by atoms with Crippen LogP contribution in [0.25, 0.3) is 0 Å². The molecular weight excluding hydrogens is 464 g/mol. The zero-order valence-electron chi connectivity index (χ0n) is 20.7. The monoisotopic (exact) mass is 510 g/mol.